The molecule has 2 aromatic heterocycles. The normalized spacial score (nSPS) is 21.6. The molecular formula is C22H24N4O. The number of nitrogens with zero attached hydrogens (tertiary/aromatic N) is 3. The first-order chi connectivity index (χ1) is 13.3. The number of nitrogens with one attached hydrogen (secondary N) is 1. The van der Waals surface area contributed by atoms with Gasteiger partial charge in [0.1, 0.15) is 17.7 Å². The Balaban J connectivity index is 1.29. The van der Waals surface area contributed by atoms with Crippen LogP contribution in [0.5, 0.6) is 0 Å². The number of aromatic amines is 1. The van der Waals surface area contributed by atoms with Crippen LogP contribution in [0.2, 0.25) is 0 Å². The highest BCUT2D eigenvalue weighted by atomic mass is 16.5. The highest BCUT2D eigenvalue weighted by Crippen LogP contribution is 2.44. The number of aromatic nitrogens is 3. The molecule has 0 bridgehead atoms. The molecule has 0 amide bonds. The monoisotopic (exact) mass is 360 g/mol. The van der Waals surface area contributed by atoms with Crippen LogP contribution in [0.4, 0.5) is 5.82 Å². The molecule has 27 heavy (non-hydrogen) atoms. The third kappa shape index (κ3) is 2.48. The summed E-state index contributed by atoms with van der Waals surface area (Å²) in [5.41, 5.74) is 5.06. The summed E-state index contributed by atoms with van der Waals surface area (Å²) >= 11 is 0. The molecule has 0 atom stereocenters. The van der Waals surface area contributed by atoms with Gasteiger partial charge in [0.15, 0.2) is 0 Å². The van der Waals surface area contributed by atoms with Gasteiger partial charge in [0.2, 0.25) is 0 Å². The number of anilines is 1. The van der Waals surface area contributed by atoms with E-state index >= 15 is 0 Å². The fourth-order valence-corrected chi connectivity index (χ4v) is 4.90. The molecule has 1 aromatic carbocycles. The van der Waals surface area contributed by atoms with Crippen molar-refractivity contribution in [2.45, 2.75) is 43.6 Å². The lowest BCUT2D eigenvalue weighted by molar-refractivity contribution is -0.0791. The van der Waals surface area contributed by atoms with Crippen molar-refractivity contribution in [1.29, 1.82) is 0 Å². The minimum absolute atomic E-state index is 0.171. The van der Waals surface area contributed by atoms with Crippen LogP contribution in [0, 0.1) is 0 Å². The quantitative estimate of drug-likeness (QED) is 0.753. The standard InChI is InChI=1S/C22H24N4O/c1-2-4-18-16(3-1)17-7-12-27-22(21(17)25-18)8-10-26(11-9-22)20-13-19(15-5-6-15)23-14-24-20/h1-4,13-15,25H,5-12H2. The Bertz CT molecular complexity index is 998. The van der Waals surface area contributed by atoms with Gasteiger partial charge in [-0.05, 0) is 43.7 Å². The number of benzene rings is 1. The second kappa shape index (κ2) is 5.80. The van der Waals surface area contributed by atoms with Crippen LogP contribution in [-0.4, -0.2) is 34.6 Å². The molecule has 4 heterocycles. The molecular weight excluding hydrogens is 336 g/mol. The second-order valence-electron chi connectivity index (χ2n) is 8.18. The van der Waals surface area contributed by atoms with Gasteiger partial charge in [-0.25, -0.2) is 9.97 Å². The lowest BCUT2D eigenvalue weighted by Gasteiger charge is -2.44. The zero-order chi connectivity index (χ0) is 17.8. The van der Waals surface area contributed by atoms with E-state index in [1.165, 1.54) is 40.7 Å². The van der Waals surface area contributed by atoms with Gasteiger partial charge in [0.05, 0.1) is 12.3 Å². The molecule has 1 aliphatic carbocycles. The first-order valence-electron chi connectivity index (χ1n) is 10.1. The van der Waals surface area contributed by atoms with Gasteiger partial charge in [-0.3, -0.25) is 0 Å². The molecule has 1 N–H and O–H groups in total. The summed E-state index contributed by atoms with van der Waals surface area (Å²) in [5, 5.41) is 1.36. The van der Waals surface area contributed by atoms with E-state index in [-0.39, 0.29) is 5.60 Å². The number of hydrogen-bond acceptors (Lipinski definition) is 4. The average Bonchev–Trinajstić information content (AvgIpc) is 3.50. The molecule has 5 heteroatoms. The Hall–Kier alpha value is -2.40. The maximum atomic E-state index is 6.43. The number of H-pyrrole nitrogens is 1. The number of ether oxygens (including phenoxy) is 1. The number of para-hydroxylation sites is 1. The van der Waals surface area contributed by atoms with Crippen molar-refractivity contribution < 1.29 is 4.74 Å². The third-order valence-electron chi connectivity index (χ3n) is 6.56. The van der Waals surface area contributed by atoms with Crippen LogP contribution >= 0.6 is 0 Å². The largest absolute Gasteiger partial charge is 0.368 e. The van der Waals surface area contributed by atoms with Crippen molar-refractivity contribution in [3.05, 3.63) is 53.6 Å². The Morgan fingerprint density at radius 1 is 1.11 bits per heavy atom. The minimum atomic E-state index is -0.171. The second-order valence-corrected chi connectivity index (χ2v) is 8.18. The summed E-state index contributed by atoms with van der Waals surface area (Å²) in [6.07, 6.45) is 7.28. The highest BCUT2D eigenvalue weighted by molar-refractivity contribution is 5.85. The first kappa shape index (κ1) is 15.6. The first-order valence-corrected chi connectivity index (χ1v) is 10.1. The van der Waals surface area contributed by atoms with Gasteiger partial charge in [0, 0.05) is 41.7 Å². The molecule has 1 saturated heterocycles. The Morgan fingerprint density at radius 2 is 1.96 bits per heavy atom. The predicted molar refractivity (Wildman–Crippen MR) is 105 cm³/mol. The zero-order valence-corrected chi connectivity index (χ0v) is 15.4. The van der Waals surface area contributed by atoms with Gasteiger partial charge in [-0.1, -0.05) is 18.2 Å². The van der Waals surface area contributed by atoms with Gasteiger partial charge in [-0.15, -0.1) is 0 Å². The maximum absolute atomic E-state index is 6.43. The topological polar surface area (TPSA) is 54.0 Å². The van der Waals surface area contributed by atoms with E-state index in [0.29, 0.717) is 5.92 Å². The molecule has 2 aliphatic heterocycles. The van der Waals surface area contributed by atoms with E-state index in [1.807, 2.05) is 0 Å². The van der Waals surface area contributed by atoms with Crippen LogP contribution in [0.3, 0.4) is 0 Å². The maximum Gasteiger partial charge on any atom is 0.132 e. The van der Waals surface area contributed by atoms with Crippen LogP contribution in [0.1, 0.15) is 48.6 Å². The molecule has 0 radical (unpaired) electrons. The summed E-state index contributed by atoms with van der Waals surface area (Å²) in [4.78, 5) is 15.1. The van der Waals surface area contributed by atoms with Crippen LogP contribution in [0.15, 0.2) is 36.7 Å². The summed E-state index contributed by atoms with van der Waals surface area (Å²) in [7, 11) is 0. The van der Waals surface area contributed by atoms with Crippen molar-refractivity contribution in [2.75, 3.05) is 24.6 Å². The fourth-order valence-electron chi connectivity index (χ4n) is 4.90. The summed E-state index contributed by atoms with van der Waals surface area (Å²) in [6, 6.07) is 10.8. The number of rotatable bonds is 2. The van der Waals surface area contributed by atoms with E-state index in [4.69, 9.17) is 4.74 Å². The molecule has 5 nitrogen and oxygen atoms in total. The Morgan fingerprint density at radius 3 is 2.81 bits per heavy atom. The third-order valence-corrected chi connectivity index (χ3v) is 6.56. The van der Waals surface area contributed by atoms with Crippen molar-refractivity contribution >= 4 is 16.7 Å². The van der Waals surface area contributed by atoms with Gasteiger partial charge in [-0.2, -0.15) is 0 Å². The zero-order valence-electron chi connectivity index (χ0n) is 15.4. The molecule has 0 unspecified atom stereocenters. The molecule has 138 valence electrons. The summed E-state index contributed by atoms with van der Waals surface area (Å²) in [5.74, 6) is 1.74. The van der Waals surface area contributed by atoms with E-state index < -0.39 is 0 Å². The predicted octanol–water partition coefficient (Wildman–Crippen LogP) is 3.90. The van der Waals surface area contributed by atoms with Crippen LogP contribution < -0.4 is 4.90 Å². The van der Waals surface area contributed by atoms with Crippen LogP contribution in [-0.2, 0) is 16.8 Å². The highest BCUT2D eigenvalue weighted by Gasteiger charge is 2.43. The molecule has 3 aromatic rings. The summed E-state index contributed by atoms with van der Waals surface area (Å²) in [6.45, 7) is 2.75. The average molecular weight is 360 g/mol. The minimum Gasteiger partial charge on any atom is -0.368 e. The van der Waals surface area contributed by atoms with E-state index in [2.05, 4.69) is 50.2 Å². The fraction of sp³-hybridized carbons (Fsp3) is 0.455. The number of fused-ring (bicyclic) bond motifs is 4. The lowest BCUT2D eigenvalue weighted by Crippen LogP contribution is -2.47. The number of hydrogen-bond donors (Lipinski definition) is 1. The SMILES string of the molecule is c1ccc2c3c([nH]c2c1)C1(CCN(c2cc(C4CC4)ncn2)CC1)OCC3. The molecule has 6 rings (SSSR count). The van der Waals surface area contributed by atoms with Gasteiger partial charge in [0.25, 0.3) is 0 Å². The van der Waals surface area contributed by atoms with E-state index in [9.17, 15) is 0 Å². The van der Waals surface area contributed by atoms with Crippen molar-refractivity contribution in [2.24, 2.45) is 0 Å². The Kier molecular flexibility index (Phi) is 3.36. The number of piperidine rings is 1. The van der Waals surface area contributed by atoms with Crippen LogP contribution in [0.25, 0.3) is 10.9 Å². The van der Waals surface area contributed by atoms with Gasteiger partial charge < -0.3 is 14.6 Å². The Labute approximate surface area is 158 Å². The van der Waals surface area contributed by atoms with Crippen molar-refractivity contribution in [1.82, 2.24) is 15.0 Å². The molecule has 2 fully saturated rings. The van der Waals surface area contributed by atoms with Crippen molar-refractivity contribution in [3.63, 3.8) is 0 Å². The smallest absolute Gasteiger partial charge is 0.132 e. The summed E-state index contributed by atoms with van der Waals surface area (Å²) < 4.78 is 6.43. The molecule has 3 aliphatic rings. The van der Waals surface area contributed by atoms with Crippen molar-refractivity contribution in [3.8, 4) is 0 Å². The molecule has 1 saturated carbocycles. The van der Waals surface area contributed by atoms with E-state index in [1.54, 1.807) is 6.33 Å². The van der Waals surface area contributed by atoms with E-state index in [0.717, 1.165) is 44.8 Å². The van der Waals surface area contributed by atoms with Gasteiger partial charge >= 0.3 is 0 Å². The lowest BCUT2D eigenvalue weighted by atomic mass is 9.83. The molecule has 1 spiro atoms.